The highest BCUT2D eigenvalue weighted by Gasteiger charge is 2.06. The van der Waals surface area contributed by atoms with Gasteiger partial charge in [-0.25, -0.2) is 0 Å². The number of benzene rings is 1. The lowest BCUT2D eigenvalue weighted by atomic mass is 10.1. The molecule has 0 unspecified atom stereocenters. The number of pyridine rings is 1. The first-order valence-corrected chi connectivity index (χ1v) is 7.24. The summed E-state index contributed by atoms with van der Waals surface area (Å²) in [6.07, 6.45) is 5.05. The largest absolute Gasteiger partial charge is 0.341 e. The highest BCUT2D eigenvalue weighted by Crippen LogP contribution is 2.21. The SMILES string of the molecule is CCc1cccc2ccn(Cc3ccc(Br)cn3)c12. The molecule has 0 bridgehead atoms. The Morgan fingerprint density at radius 2 is 2.05 bits per heavy atom. The summed E-state index contributed by atoms with van der Waals surface area (Å²) in [5.41, 5.74) is 3.79. The quantitative estimate of drug-likeness (QED) is 0.700. The Kier molecular flexibility index (Phi) is 3.38. The summed E-state index contributed by atoms with van der Waals surface area (Å²) >= 11 is 3.42. The van der Waals surface area contributed by atoms with Crippen molar-refractivity contribution in [1.29, 1.82) is 0 Å². The van der Waals surface area contributed by atoms with Gasteiger partial charge in [-0.2, -0.15) is 0 Å². The van der Waals surface area contributed by atoms with E-state index < -0.39 is 0 Å². The zero-order chi connectivity index (χ0) is 13.2. The molecule has 0 aliphatic carbocycles. The first-order chi connectivity index (χ1) is 9.28. The van der Waals surface area contributed by atoms with Crippen LogP contribution in [0.4, 0.5) is 0 Å². The van der Waals surface area contributed by atoms with Gasteiger partial charge in [0.1, 0.15) is 0 Å². The van der Waals surface area contributed by atoms with E-state index in [1.807, 2.05) is 12.3 Å². The second-order valence-corrected chi connectivity index (χ2v) is 5.54. The van der Waals surface area contributed by atoms with Gasteiger partial charge < -0.3 is 4.57 Å². The second-order valence-electron chi connectivity index (χ2n) is 4.62. The van der Waals surface area contributed by atoms with E-state index in [1.165, 1.54) is 16.5 Å². The number of hydrogen-bond donors (Lipinski definition) is 0. The minimum Gasteiger partial charge on any atom is -0.341 e. The van der Waals surface area contributed by atoms with Crippen LogP contribution in [0, 0.1) is 0 Å². The molecule has 0 aliphatic rings. The summed E-state index contributed by atoms with van der Waals surface area (Å²) in [4.78, 5) is 4.45. The predicted octanol–water partition coefficient (Wildman–Crippen LogP) is 4.41. The van der Waals surface area contributed by atoms with Crippen LogP contribution < -0.4 is 0 Å². The van der Waals surface area contributed by atoms with E-state index in [4.69, 9.17) is 0 Å². The molecule has 1 aromatic carbocycles. The third kappa shape index (κ3) is 2.43. The predicted molar refractivity (Wildman–Crippen MR) is 82.4 cm³/mol. The summed E-state index contributed by atoms with van der Waals surface area (Å²) < 4.78 is 3.30. The van der Waals surface area contributed by atoms with Crippen molar-refractivity contribution in [2.75, 3.05) is 0 Å². The lowest BCUT2D eigenvalue weighted by Gasteiger charge is -2.08. The van der Waals surface area contributed by atoms with Crippen LogP contribution in [-0.4, -0.2) is 9.55 Å². The van der Waals surface area contributed by atoms with Crippen LogP contribution in [-0.2, 0) is 13.0 Å². The normalized spacial score (nSPS) is 11.1. The van der Waals surface area contributed by atoms with E-state index in [-0.39, 0.29) is 0 Å². The van der Waals surface area contributed by atoms with Crippen molar-refractivity contribution in [1.82, 2.24) is 9.55 Å². The molecule has 0 N–H and O–H groups in total. The number of rotatable bonds is 3. The van der Waals surface area contributed by atoms with Crippen LogP contribution >= 0.6 is 15.9 Å². The number of fused-ring (bicyclic) bond motifs is 1. The Morgan fingerprint density at radius 3 is 2.79 bits per heavy atom. The van der Waals surface area contributed by atoms with Crippen molar-refractivity contribution in [3.63, 3.8) is 0 Å². The smallest absolute Gasteiger partial charge is 0.0648 e. The molecule has 0 radical (unpaired) electrons. The highest BCUT2D eigenvalue weighted by molar-refractivity contribution is 9.10. The molecule has 0 saturated heterocycles. The average Bonchev–Trinajstić information content (AvgIpc) is 2.85. The van der Waals surface area contributed by atoms with Gasteiger partial charge in [0.05, 0.1) is 17.8 Å². The van der Waals surface area contributed by atoms with Crippen molar-refractivity contribution in [2.45, 2.75) is 19.9 Å². The van der Waals surface area contributed by atoms with Crippen LogP contribution in [0.5, 0.6) is 0 Å². The van der Waals surface area contributed by atoms with E-state index in [0.29, 0.717) is 0 Å². The number of hydrogen-bond acceptors (Lipinski definition) is 1. The monoisotopic (exact) mass is 314 g/mol. The molecule has 0 saturated carbocycles. The Morgan fingerprint density at radius 1 is 1.16 bits per heavy atom. The lowest BCUT2D eigenvalue weighted by Crippen LogP contribution is -2.01. The molecule has 0 atom stereocenters. The summed E-state index contributed by atoms with van der Waals surface area (Å²) in [6.45, 7) is 3.01. The molecule has 0 aliphatic heterocycles. The topological polar surface area (TPSA) is 17.8 Å². The third-order valence-electron chi connectivity index (χ3n) is 3.37. The van der Waals surface area contributed by atoms with Gasteiger partial charge in [-0.1, -0.05) is 25.1 Å². The first kappa shape index (κ1) is 12.4. The van der Waals surface area contributed by atoms with Crippen molar-refractivity contribution >= 4 is 26.8 Å². The molecule has 0 fully saturated rings. The average molecular weight is 315 g/mol. The van der Waals surface area contributed by atoms with Crippen molar-refractivity contribution in [3.05, 3.63) is 64.5 Å². The van der Waals surface area contributed by atoms with Gasteiger partial charge in [-0.05, 0) is 51.5 Å². The molecule has 0 amide bonds. The Bertz CT molecular complexity index is 698. The fourth-order valence-electron chi connectivity index (χ4n) is 2.43. The molecule has 2 nitrogen and oxygen atoms in total. The van der Waals surface area contributed by atoms with Gasteiger partial charge in [0.2, 0.25) is 0 Å². The molecule has 2 aromatic heterocycles. The third-order valence-corrected chi connectivity index (χ3v) is 3.84. The van der Waals surface area contributed by atoms with Crippen LogP contribution in [0.2, 0.25) is 0 Å². The molecule has 2 heterocycles. The fraction of sp³-hybridized carbons (Fsp3) is 0.188. The molecule has 0 spiro atoms. The fourth-order valence-corrected chi connectivity index (χ4v) is 2.67. The number of aryl methyl sites for hydroxylation is 1. The van der Waals surface area contributed by atoms with Crippen LogP contribution in [0.15, 0.2) is 53.3 Å². The molecule has 96 valence electrons. The van der Waals surface area contributed by atoms with Gasteiger partial charge in [0.25, 0.3) is 0 Å². The summed E-state index contributed by atoms with van der Waals surface area (Å²) in [5, 5.41) is 1.30. The van der Waals surface area contributed by atoms with Gasteiger partial charge in [0.15, 0.2) is 0 Å². The number of halogens is 1. The van der Waals surface area contributed by atoms with Crippen molar-refractivity contribution < 1.29 is 0 Å². The maximum Gasteiger partial charge on any atom is 0.0648 e. The molecule has 3 aromatic rings. The van der Waals surface area contributed by atoms with Crippen LogP contribution in [0.25, 0.3) is 10.9 Å². The van der Waals surface area contributed by atoms with Crippen LogP contribution in [0.3, 0.4) is 0 Å². The Labute approximate surface area is 121 Å². The summed E-state index contributed by atoms with van der Waals surface area (Å²) in [5.74, 6) is 0. The number of nitrogens with zero attached hydrogens (tertiary/aromatic N) is 2. The highest BCUT2D eigenvalue weighted by atomic mass is 79.9. The van der Waals surface area contributed by atoms with E-state index in [9.17, 15) is 0 Å². The number of para-hydroxylation sites is 1. The molecule has 3 rings (SSSR count). The van der Waals surface area contributed by atoms with E-state index >= 15 is 0 Å². The van der Waals surface area contributed by atoms with Gasteiger partial charge in [-0.15, -0.1) is 0 Å². The van der Waals surface area contributed by atoms with E-state index in [2.05, 4.69) is 68.9 Å². The molecular weight excluding hydrogens is 300 g/mol. The van der Waals surface area contributed by atoms with Gasteiger partial charge in [-0.3, -0.25) is 4.98 Å². The summed E-state index contributed by atoms with van der Waals surface area (Å²) in [7, 11) is 0. The molecule has 3 heteroatoms. The first-order valence-electron chi connectivity index (χ1n) is 6.45. The Hall–Kier alpha value is -1.61. The summed E-state index contributed by atoms with van der Waals surface area (Å²) in [6, 6.07) is 12.8. The minimum absolute atomic E-state index is 0.813. The Balaban J connectivity index is 2.03. The van der Waals surface area contributed by atoms with Gasteiger partial charge in [0, 0.05) is 16.9 Å². The molecular formula is C16H15BrN2. The number of aromatic nitrogens is 2. The van der Waals surface area contributed by atoms with E-state index in [1.54, 1.807) is 0 Å². The van der Waals surface area contributed by atoms with Gasteiger partial charge >= 0.3 is 0 Å². The minimum atomic E-state index is 0.813. The molecule has 19 heavy (non-hydrogen) atoms. The zero-order valence-electron chi connectivity index (χ0n) is 10.8. The maximum absolute atomic E-state index is 4.45. The standard InChI is InChI=1S/C16H15BrN2/c1-2-12-4-3-5-13-8-9-19(16(12)13)11-15-7-6-14(17)10-18-15/h3-10H,2,11H2,1H3. The zero-order valence-corrected chi connectivity index (χ0v) is 12.4. The maximum atomic E-state index is 4.45. The lowest BCUT2D eigenvalue weighted by molar-refractivity contribution is 0.802. The van der Waals surface area contributed by atoms with Crippen molar-refractivity contribution in [2.24, 2.45) is 0 Å². The van der Waals surface area contributed by atoms with E-state index in [0.717, 1.165) is 23.1 Å². The van der Waals surface area contributed by atoms with Crippen LogP contribution in [0.1, 0.15) is 18.2 Å². The second kappa shape index (κ2) is 5.17. The van der Waals surface area contributed by atoms with Crippen molar-refractivity contribution in [3.8, 4) is 0 Å².